The maximum atomic E-state index is 11.1. The lowest BCUT2D eigenvalue weighted by atomic mass is 10.0. The first-order valence-corrected chi connectivity index (χ1v) is 6.74. The van der Waals surface area contributed by atoms with Crippen LogP contribution in [0.3, 0.4) is 0 Å². The number of nitro groups is 1. The smallest absolute Gasteiger partial charge is 0.329 e. The minimum Gasteiger partial charge on any atom is -0.368 e. The summed E-state index contributed by atoms with van der Waals surface area (Å²) in [4.78, 5) is 20.4. The standard InChI is InChI=1S/C14H15N5O2/c15-14-16-9-12(19(20)21)13(17-14)18-7-5-10-3-1-2-4-11(10)6-8-18/h1-4,9H,5-8H2,(H2,15,16,17). The summed E-state index contributed by atoms with van der Waals surface area (Å²) >= 11 is 0. The molecule has 7 heteroatoms. The van der Waals surface area contributed by atoms with Crippen LogP contribution in [0, 0.1) is 10.1 Å². The Hall–Kier alpha value is -2.70. The van der Waals surface area contributed by atoms with Gasteiger partial charge in [-0.1, -0.05) is 24.3 Å². The number of nitrogen functional groups attached to an aromatic ring is 1. The van der Waals surface area contributed by atoms with Crippen molar-refractivity contribution in [2.75, 3.05) is 23.7 Å². The van der Waals surface area contributed by atoms with Gasteiger partial charge in [-0.3, -0.25) is 10.1 Å². The van der Waals surface area contributed by atoms with Crippen LogP contribution in [0.4, 0.5) is 17.5 Å². The molecule has 0 radical (unpaired) electrons. The molecular weight excluding hydrogens is 270 g/mol. The van der Waals surface area contributed by atoms with Crippen molar-refractivity contribution in [1.29, 1.82) is 0 Å². The molecule has 0 fully saturated rings. The van der Waals surface area contributed by atoms with Crippen molar-refractivity contribution in [3.05, 3.63) is 51.7 Å². The summed E-state index contributed by atoms with van der Waals surface area (Å²) < 4.78 is 0. The Morgan fingerprint density at radius 1 is 1.19 bits per heavy atom. The number of nitrogens with zero attached hydrogens (tertiary/aromatic N) is 4. The number of benzene rings is 1. The molecule has 0 saturated heterocycles. The molecule has 7 nitrogen and oxygen atoms in total. The topological polar surface area (TPSA) is 98.2 Å². The number of aromatic nitrogens is 2. The molecule has 3 rings (SSSR count). The molecule has 2 aromatic rings. The molecule has 21 heavy (non-hydrogen) atoms. The minimum absolute atomic E-state index is 0.0531. The van der Waals surface area contributed by atoms with Gasteiger partial charge in [0.05, 0.1) is 4.92 Å². The normalized spacial score (nSPS) is 14.4. The zero-order chi connectivity index (χ0) is 14.8. The largest absolute Gasteiger partial charge is 0.368 e. The van der Waals surface area contributed by atoms with Gasteiger partial charge in [0, 0.05) is 13.1 Å². The van der Waals surface area contributed by atoms with E-state index in [1.807, 2.05) is 17.0 Å². The van der Waals surface area contributed by atoms with Gasteiger partial charge in [0.25, 0.3) is 0 Å². The molecule has 108 valence electrons. The summed E-state index contributed by atoms with van der Waals surface area (Å²) in [5, 5.41) is 11.1. The fourth-order valence-electron chi connectivity index (χ4n) is 2.62. The number of rotatable bonds is 2. The van der Waals surface area contributed by atoms with Crippen LogP contribution in [-0.4, -0.2) is 28.0 Å². The van der Waals surface area contributed by atoms with Crippen LogP contribution < -0.4 is 10.6 Å². The molecule has 1 aromatic carbocycles. The van der Waals surface area contributed by atoms with E-state index in [-0.39, 0.29) is 11.6 Å². The molecule has 1 aliphatic rings. The zero-order valence-corrected chi connectivity index (χ0v) is 11.4. The van der Waals surface area contributed by atoms with Gasteiger partial charge in [-0.05, 0) is 24.0 Å². The molecule has 0 atom stereocenters. The van der Waals surface area contributed by atoms with Crippen molar-refractivity contribution < 1.29 is 4.92 Å². The lowest BCUT2D eigenvalue weighted by Gasteiger charge is -2.20. The Labute approximate surface area is 121 Å². The third-order valence-electron chi connectivity index (χ3n) is 3.69. The zero-order valence-electron chi connectivity index (χ0n) is 11.4. The van der Waals surface area contributed by atoms with Crippen molar-refractivity contribution in [1.82, 2.24) is 9.97 Å². The van der Waals surface area contributed by atoms with Crippen LogP contribution in [0.1, 0.15) is 11.1 Å². The SMILES string of the molecule is Nc1ncc([N+](=O)[O-])c(N2CCc3ccccc3CC2)n1. The van der Waals surface area contributed by atoms with Gasteiger partial charge in [0.2, 0.25) is 11.8 Å². The summed E-state index contributed by atoms with van der Waals surface area (Å²) in [6.07, 6.45) is 2.84. The van der Waals surface area contributed by atoms with Gasteiger partial charge in [-0.2, -0.15) is 4.98 Å². The highest BCUT2D eigenvalue weighted by Crippen LogP contribution is 2.27. The lowest BCUT2D eigenvalue weighted by Crippen LogP contribution is -2.28. The van der Waals surface area contributed by atoms with Gasteiger partial charge >= 0.3 is 5.69 Å². The maximum Gasteiger partial charge on any atom is 0.329 e. The van der Waals surface area contributed by atoms with Crippen LogP contribution in [0.15, 0.2) is 30.5 Å². The van der Waals surface area contributed by atoms with Gasteiger partial charge in [-0.25, -0.2) is 4.98 Å². The lowest BCUT2D eigenvalue weighted by molar-refractivity contribution is -0.384. The Balaban J connectivity index is 1.93. The van der Waals surface area contributed by atoms with E-state index in [9.17, 15) is 10.1 Å². The van der Waals surface area contributed by atoms with Crippen LogP contribution in [0.25, 0.3) is 0 Å². The fraction of sp³-hybridized carbons (Fsp3) is 0.286. The summed E-state index contributed by atoms with van der Waals surface area (Å²) in [5.41, 5.74) is 8.05. The molecule has 0 spiro atoms. The number of fused-ring (bicyclic) bond motifs is 1. The maximum absolute atomic E-state index is 11.1. The molecule has 2 N–H and O–H groups in total. The number of anilines is 2. The number of hydrogen-bond donors (Lipinski definition) is 1. The van der Waals surface area contributed by atoms with Crippen LogP contribution in [0.2, 0.25) is 0 Å². The predicted molar refractivity (Wildman–Crippen MR) is 79.2 cm³/mol. The molecular formula is C14H15N5O2. The molecule has 0 unspecified atom stereocenters. The Morgan fingerprint density at radius 3 is 2.38 bits per heavy atom. The molecule has 0 bridgehead atoms. The molecule has 1 aromatic heterocycles. The highest BCUT2D eigenvalue weighted by Gasteiger charge is 2.24. The van der Waals surface area contributed by atoms with Crippen molar-refractivity contribution in [3.8, 4) is 0 Å². The third kappa shape index (κ3) is 2.62. The van der Waals surface area contributed by atoms with Gasteiger partial charge in [0.15, 0.2) is 0 Å². The molecule has 0 aliphatic carbocycles. The van der Waals surface area contributed by atoms with E-state index >= 15 is 0 Å². The van der Waals surface area contributed by atoms with Crippen LogP contribution in [-0.2, 0) is 12.8 Å². The second-order valence-electron chi connectivity index (χ2n) is 4.95. The van der Waals surface area contributed by atoms with Gasteiger partial charge in [0.1, 0.15) is 6.20 Å². The fourth-order valence-corrected chi connectivity index (χ4v) is 2.62. The summed E-state index contributed by atoms with van der Waals surface area (Å²) in [7, 11) is 0. The molecule has 1 aliphatic heterocycles. The molecule has 2 heterocycles. The molecule has 0 amide bonds. The van der Waals surface area contributed by atoms with E-state index in [4.69, 9.17) is 5.73 Å². The van der Waals surface area contributed by atoms with Gasteiger partial charge < -0.3 is 10.6 Å². The van der Waals surface area contributed by atoms with Crippen molar-refractivity contribution in [2.45, 2.75) is 12.8 Å². The monoisotopic (exact) mass is 285 g/mol. The predicted octanol–water partition coefficient (Wildman–Crippen LogP) is 1.57. The van der Waals surface area contributed by atoms with Crippen LogP contribution in [0.5, 0.6) is 0 Å². The Kier molecular flexibility index (Phi) is 3.39. The summed E-state index contributed by atoms with van der Waals surface area (Å²) in [6.45, 7) is 1.35. The highest BCUT2D eigenvalue weighted by molar-refractivity contribution is 5.59. The number of hydrogen-bond acceptors (Lipinski definition) is 6. The van der Waals surface area contributed by atoms with E-state index in [1.54, 1.807) is 0 Å². The highest BCUT2D eigenvalue weighted by atomic mass is 16.6. The third-order valence-corrected chi connectivity index (χ3v) is 3.69. The van der Waals surface area contributed by atoms with Crippen molar-refractivity contribution in [3.63, 3.8) is 0 Å². The van der Waals surface area contributed by atoms with Crippen molar-refractivity contribution in [2.24, 2.45) is 0 Å². The van der Waals surface area contributed by atoms with E-state index in [0.717, 1.165) is 12.8 Å². The average molecular weight is 285 g/mol. The first kappa shape index (κ1) is 13.3. The van der Waals surface area contributed by atoms with Crippen LogP contribution >= 0.6 is 0 Å². The van der Waals surface area contributed by atoms with E-state index < -0.39 is 4.92 Å². The number of nitrogens with two attached hydrogens (primary N) is 1. The second kappa shape index (κ2) is 5.35. The molecule has 0 saturated carbocycles. The van der Waals surface area contributed by atoms with E-state index in [0.29, 0.717) is 18.9 Å². The van der Waals surface area contributed by atoms with Gasteiger partial charge in [-0.15, -0.1) is 0 Å². The average Bonchev–Trinajstić information content (AvgIpc) is 2.69. The minimum atomic E-state index is -0.465. The van der Waals surface area contributed by atoms with E-state index in [2.05, 4.69) is 22.1 Å². The van der Waals surface area contributed by atoms with E-state index in [1.165, 1.54) is 17.3 Å². The summed E-state index contributed by atoms with van der Waals surface area (Å²) in [6, 6.07) is 8.22. The Morgan fingerprint density at radius 2 is 1.81 bits per heavy atom. The first-order chi connectivity index (χ1) is 10.1. The van der Waals surface area contributed by atoms with Crippen molar-refractivity contribution >= 4 is 17.5 Å². The summed E-state index contributed by atoms with van der Waals surface area (Å²) in [5.74, 6) is 0.359. The Bertz CT molecular complexity index is 662. The quantitative estimate of drug-likeness (QED) is 0.664. The second-order valence-corrected chi connectivity index (χ2v) is 4.95. The first-order valence-electron chi connectivity index (χ1n) is 6.74.